The minimum atomic E-state index is -0.700. The van der Waals surface area contributed by atoms with Gasteiger partial charge in [0.2, 0.25) is 0 Å². The highest BCUT2D eigenvalue weighted by Crippen LogP contribution is 2.32. The Hall–Kier alpha value is -5.35. The summed E-state index contributed by atoms with van der Waals surface area (Å²) in [6, 6.07) is 24.8. The summed E-state index contributed by atoms with van der Waals surface area (Å²) >= 11 is 1.21. The van der Waals surface area contributed by atoms with Gasteiger partial charge in [0.05, 0.1) is 26.8 Å². The average Bonchev–Trinajstić information content (AvgIpc) is 3.61. The van der Waals surface area contributed by atoms with Gasteiger partial charge in [0, 0.05) is 29.0 Å². The maximum atomic E-state index is 14.1. The highest BCUT2D eigenvalue weighted by atomic mass is 32.1. The van der Waals surface area contributed by atoms with Crippen LogP contribution in [0.3, 0.4) is 0 Å². The standard InChI is InChI=1S/C35H30N4O5S/c1-20(2)23-12-14-24(15-13-23)32-31(33(40)37-26-8-6-5-7-9-26)22(4)36-35-38(32)34(41)30(45-35)19-27-16-17-29(44-27)25-11-10-21(3)28(18-25)39(42)43/h5-20,32H,1-4H3,(H,37,40)/b30-19-. The van der Waals surface area contributed by atoms with E-state index in [1.165, 1.54) is 17.4 Å². The zero-order valence-electron chi connectivity index (χ0n) is 25.1. The third kappa shape index (κ3) is 5.80. The zero-order valence-corrected chi connectivity index (χ0v) is 25.9. The smallest absolute Gasteiger partial charge is 0.273 e. The number of nitro benzene ring substituents is 1. The van der Waals surface area contributed by atoms with Crippen LogP contribution in [0.1, 0.15) is 55.2 Å². The van der Waals surface area contributed by atoms with E-state index in [1.54, 1.807) is 48.8 Å². The van der Waals surface area contributed by atoms with E-state index in [4.69, 9.17) is 9.41 Å². The lowest BCUT2D eigenvalue weighted by Crippen LogP contribution is -2.40. The number of hydrogen-bond donors (Lipinski definition) is 1. The topological polar surface area (TPSA) is 120 Å². The molecule has 0 aliphatic carbocycles. The second-order valence-electron chi connectivity index (χ2n) is 11.2. The zero-order chi connectivity index (χ0) is 31.8. The number of amides is 1. The molecule has 1 atom stereocenters. The number of furan rings is 1. The molecule has 1 aliphatic heterocycles. The van der Waals surface area contributed by atoms with E-state index in [2.05, 4.69) is 19.2 Å². The molecule has 45 heavy (non-hydrogen) atoms. The monoisotopic (exact) mass is 618 g/mol. The summed E-state index contributed by atoms with van der Waals surface area (Å²) in [5, 5.41) is 14.4. The Morgan fingerprint density at radius 1 is 1.04 bits per heavy atom. The summed E-state index contributed by atoms with van der Waals surface area (Å²) < 4.78 is 7.96. The summed E-state index contributed by atoms with van der Waals surface area (Å²) in [6.07, 6.45) is 1.64. The summed E-state index contributed by atoms with van der Waals surface area (Å²) in [5.74, 6) is 0.839. The van der Waals surface area contributed by atoms with Crippen LogP contribution in [-0.2, 0) is 4.79 Å². The van der Waals surface area contributed by atoms with Crippen molar-refractivity contribution in [1.29, 1.82) is 0 Å². The molecule has 0 saturated heterocycles. The Labute approximate surface area is 262 Å². The van der Waals surface area contributed by atoms with Gasteiger partial charge in [0.25, 0.3) is 17.2 Å². The van der Waals surface area contributed by atoms with E-state index in [0.29, 0.717) is 54.9 Å². The number of para-hydroxylation sites is 1. The normalized spacial score (nSPS) is 14.8. The van der Waals surface area contributed by atoms with Crippen LogP contribution in [0.2, 0.25) is 0 Å². The van der Waals surface area contributed by atoms with Gasteiger partial charge < -0.3 is 9.73 Å². The van der Waals surface area contributed by atoms with Crippen LogP contribution in [0.15, 0.2) is 110 Å². The lowest BCUT2D eigenvalue weighted by atomic mass is 9.93. The van der Waals surface area contributed by atoms with Crippen molar-refractivity contribution >= 4 is 34.7 Å². The van der Waals surface area contributed by atoms with Gasteiger partial charge in [-0.3, -0.25) is 24.3 Å². The molecular formula is C35H30N4O5S. The number of nitrogens with zero attached hydrogens (tertiary/aromatic N) is 3. The number of anilines is 1. The van der Waals surface area contributed by atoms with Gasteiger partial charge in [0.1, 0.15) is 11.5 Å². The molecule has 1 N–H and O–H groups in total. The Bertz CT molecular complexity index is 2160. The van der Waals surface area contributed by atoms with Crippen molar-refractivity contribution in [3.05, 3.63) is 148 Å². The quantitative estimate of drug-likeness (QED) is 0.166. The van der Waals surface area contributed by atoms with Crippen molar-refractivity contribution in [2.75, 3.05) is 5.32 Å². The van der Waals surface area contributed by atoms with Crippen molar-refractivity contribution in [2.45, 2.75) is 39.7 Å². The highest BCUT2D eigenvalue weighted by molar-refractivity contribution is 7.07. The number of allylic oxidation sites excluding steroid dienone is 1. The first-order valence-electron chi connectivity index (χ1n) is 14.4. The first kappa shape index (κ1) is 29.7. The maximum absolute atomic E-state index is 14.1. The van der Waals surface area contributed by atoms with Crippen LogP contribution in [-0.4, -0.2) is 15.4 Å². The number of carbonyl (C=O) groups excluding carboxylic acids is 1. The van der Waals surface area contributed by atoms with Crippen LogP contribution >= 0.6 is 11.3 Å². The minimum absolute atomic E-state index is 0.00246. The van der Waals surface area contributed by atoms with Gasteiger partial charge in [-0.2, -0.15) is 0 Å². The lowest BCUT2D eigenvalue weighted by molar-refractivity contribution is -0.385. The third-order valence-electron chi connectivity index (χ3n) is 7.81. The molecule has 226 valence electrons. The third-order valence-corrected chi connectivity index (χ3v) is 8.79. The number of benzene rings is 3. The second kappa shape index (κ2) is 12.0. The largest absolute Gasteiger partial charge is 0.457 e. The fourth-order valence-corrected chi connectivity index (χ4v) is 6.41. The van der Waals surface area contributed by atoms with E-state index in [9.17, 15) is 19.7 Å². The Balaban J connectivity index is 1.44. The molecule has 9 nitrogen and oxygen atoms in total. The summed E-state index contributed by atoms with van der Waals surface area (Å²) in [7, 11) is 0. The number of thiazole rings is 1. The van der Waals surface area contributed by atoms with E-state index in [0.717, 1.165) is 11.1 Å². The molecule has 3 aromatic carbocycles. The van der Waals surface area contributed by atoms with Crippen molar-refractivity contribution in [2.24, 2.45) is 4.99 Å². The Morgan fingerprint density at radius 3 is 2.47 bits per heavy atom. The molecule has 0 bridgehead atoms. The molecular weight excluding hydrogens is 588 g/mol. The van der Waals surface area contributed by atoms with Crippen LogP contribution in [0.4, 0.5) is 11.4 Å². The second-order valence-corrected chi connectivity index (χ2v) is 12.2. The maximum Gasteiger partial charge on any atom is 0.273 e. The molecule has 5 aromatic rings. The minimum Gasteiger partial charge on any atom is -0.457 e. The van der Waals surface area contributed by atoms with Crippen LogP contribution in [0.5, 0.6) is 0 Å². The fraction of sp³-hybridized carbons (Fsp3) is 0.171. The number of nitro groups is 1. The molecule has 1 aliphatic rings. The number of aryl methyl sites for hydroxylation is 1. The van der Waals surface area contributed by atoms with Crippen molar-refractivity contribution in [3.8, 4) is 11.3 Å². The molecule has 0 fully saturated rings. The average molecular weight is 619 g/mol. The van der Waals surface area contributed by atoms with Gasteiger partial charge in [-0.1, -0.05) is 79.8 Å². The first-order valence-corrected chi connectivity index (χ1v) is 15.3. The number of hydrogen-bond acceptors (Lipinski definition) is 7. The van der Waals surface area contributed by atoms with Gasteiger partial charge in [-0.15, -0.1) is 0 Å². The fourth-order valence-electron chi connectivity index (χ4n) is 5.38. The van der Waals surface area contributed by atoms with Gasteiger partial charge in [-0.25, -0.2) is 4.99 Å². The predicted molar refractivity (Wildman–Crippen MR) is 175 cm³/mol. The van der Waals surface area contributed by atoms with Crippen LogP contribution in [0, 0.1) is 17.0 Å². The van der Waals surface area contributed by atoms with E-state index in [1.807, 2.05) is 54.6 Å². The molecule has 1 unspecified atom stereocenters. The molecule has 1 amide bonds. The highest BCUT2D eigenvalue weighted by Gasteiger charge is 2.32. The van der Waals surface area contributed by atoms with Crippen molar-refractivity contribution in [3.63, 3.8) is 0 Å². The number of aromatic nitrogens is 1. The van der Waals surface area contributed by atoms with Gasteiger partial charge in [0.15, 0.2) is 4.80 Å². The van der Waals surface area contributed by atoms with Crippen molar-refractivity contribution < 1.29 is 14.1 Å². The van der Waals surface area contributed by atoms with Crippen LogP contribution in [0.25, 0.3) is 17.4 Å². The SMILES string of the molecule is CC1=C(C(=O)Nc2ccccc2)C(c2ccc(C(C)C)cc2)n2c(s/c(=C\c3ccc(-c4ccc(C)c([N+](=O)[O-])c4)o3)c2=O)=N1. The van der Waals surface area contributed by atoms with Crippen LogP contribution < -0.4 is 20.2 Å². The number of carbonyl (C=O) groups is 1. The summed E-state index contributed by atoms with van der Waals surface area (Å²) in [5.41, 5.74) is 4.30. The lowest BCUT2D eigenvalue weighted by Gasteiger charge is -2.25. The van der Waals surface area contributed by atoms with E-state index < -0.39 is 11.0 Å². The number of rotatable bonds is 7. The molecule has 10 heteroatoms. The number of fused-ring (bicyclic) bond motifs is 1. The van der Waals surface area contributed by atoms with Gasteiger partial charge in [-0.05, 0) is 55.2 Å². The van der Waals surface area contributed by atoms with E-state index in [-0.39, 0.29) is 17.2 Å². The predicted octanol–water partition coefficient (Wildman–Crippen LogP) is 6.47. The Kier molecular flexibility index (Phi) is 7.90. The molecule has 2 aromatic heterocycles. The molecule has 0 saturated carbocycles. The summed E-state index contributed by atoms with van der Waals surface area (Å²) in [6.45, 7) is 7.69. The number of nitrogens with one attached hydrogen (secondary N) is 1. The molecule has 0 radical (unpaired) electrons. The van der Waals surface area contributed by atoms with E-state index >= 15 is 0 Å². The molecule has 3 heterocycles. The van der Waals surface area contributed by atoms with Gasteiger partial charge >= 0.3 is 0 Å². The first-order chi connectivity index (χ1) is 21.6. The molecule has 6 rings (SSSR count). The summed E-state index contributed by atoms with van der Waals surface area (Å²) in [4.78, 5) is 44.0. The molecule has 0 spiro atoms. The Morgan fingerprint density at radius 2 is 1.78 bits per heavy atom. The van der Waals surface area contributed by atoms with Crippen molar-refractivity contribution in [1.82, 2.24) is 4.57 Å².